The summed E-state index contributed by atoms with van der Waals surface area (Å²) in [5.41, 5.74) is 6.24. The zero-order valence-corrected chi connectivity index (χ0v) is 11.7. The molecule has 0 atom stereocenters. The van der Waals surface area contributed by atoms with Gasteiger partial charge in [-0.25, -0.2) is 8.78 Å². The second-order valence-corrected chi connectivity index (χ2v) is 4.53. The summed E-state index contributed by atoms with van der Waals surface area (Å²) in [5.74, 6) is -0.454. The summed E-state index contributed by atoms with van der Waals surface area (Å²) in [5, 5.41) is 6.11. The lowest BCUT2D eigenvalue weighted by atomic mass is 10.2. The van der Waals surface area contributed by atoms with Crippen LogP contribution in [0.5, 0.6) is 0 Å². The van der Waals surface area contributed by atoms with E-state index in [0.29, 0.717) is 23.7 Å². The Kier molecular flexibility index (Phi) is 4.86. The van der Waals surface area contributed by atoms with Crippen LogP contribution in [0, 0.1) is 11.6 Å². The molecule has 0 aliphatic heterocycles. The second-order valence-electron chi connectivity index (χ2n) is 4.53. The quantitative estimate of drug-likeness (QED) is 0.763. The van der Waals surface area contributed by atoms with Crippen LogP contribution in [0.4, 0.5) is 26.4 Å². The molecule has 1 heterocycles. The zero-order valence-electron chi connectivity index (χ0n) is 11.7. The summed E-state index contributed by atoms with van der Waals surface area (Å²) < 4.78 is 26.0. The highest BCUT2D eigenvalue weighted by Gasteiger charge is 2.05. The molecule has 0 spiro atoms. The van der Waals surface area contributed by atoms with Gasteiger partial charge in [-0.1, -0.05) is 13.0 Å². The van der Waals surface area contributed by atoms with E-state index in [1.807, 2.05) is 6.92 Å². The predicted molar refractivity (Wildman–Crippen MR) is 78.9 cm³/mol. The van der Waals surface area contributed by atoms with E-state index in [1.54, 1.807) is 6.07 Å². The Morgan fingerprint density at radius 2 is 1.76 bits per heavy atom. The molecule has 0 fully saturated rings. The van der Waals surface area contributed by atoms with Crippen molar-refractivity contribution in [3.05, 3.63) is 41.5 Å². The minimum absolute atomic E-state index is 0.142. The lowest BCUT2D eigenvalue weighted by Crippen LogP contribution is -2.08. The molecule has 112 valence electrons. The van der Waals surface area contributed by atoms with Crippen molar-refractivity contribution in [3.8, 4) is 0 Å². The molecule has 0 saturated heterocycles. The van der Waals surface area contributed by atoms with E-state index in [-0.39, 0.29) is 5.95 Å². The topological polar surface area (TPSA) is 75.9 Å². The Balaban J connectivity index is 2.05. The first-order valence-corrected chi connectivity index (χ1v) is 6.64. The molecule has 4 N–H and O–H groups in total. The van der Waals surface area contributed by atoms with Gasteiger partial charge < -0.3 is 16.4 Å². The number of aromatic nitrogens is 2. The van der Waals surface area contributed by atoms with Crippen LogP contribution in [-0.2, 0) is 6.54 Å². The fraction of sp³-hybridized carbons (Fsp3) is 0.286. The van der Waals surface area contributed by atoms with Gasteiger partial charge in [0.05, 0.1) is 0 Å². The Labute approximate surface area is 121 Å². The third-order valence-corrected chi connectivity index (χ3v) is 2.76. The van der Waals surface area contributed by atoms with Gasteiger partial charge in [0.25, 0.3) is 0 Å². The number of hydrogen-bond acceptors (Lipinski definition) is 5. The van der Waals surface area contributed by atoms with Crippen molar-refractivity contribution < 1.29 is 8.78 Å². The standard InChI is InChI=1S/C14H17F2N5/c1-2-5-18-12-7-13(21-14(17)20-12)19-8-9-3-4-10(15)11(16)6-9/h3-4,6-7H,2,5,8H2,1H3,(H4,17,18,19,20,21). The van der Waals surface area contributed by atoms with Gasteiger partial charge in [0.15, 0.2) is 11.6 Å². The molecule has 0 amide bonds. The van der Waals surface area contributed by atoms with E-state index >= 15 is 0 Å². The fourth-order valence-electron chi connectivity index (χ4n) is 1.74. The molecular formula is C14H17F2N5. The van der Waals surface area contributed by atoms with E-state index in [4.69, 9.17) is 5.73 Å². The van der Waals surface area contributed by atoms with Crippen molar-refractivity contribution in [2.75, 3.05) is 22.9 Å². The second kappa shape index (κ2) is 6.83. The minimum Gasteiger partial charge on any atom is -0.370 e. The molecule has 1 aromatic heterocycles. The SMILES string of the molecule is CCCNc1cc(NCc2ccc(F)c(F)c2)nc(N)n1. The number of nitrogens with one attached hydrogen (secondary N) is 2. The van der Waals surface area contributed by atoms with Crippen LogP contribution in [0.1, 0.15) is 18.9 Å². The van der Waals surface area contributed by atoms with E-state index in [0.717, 1.165) is 25.1 Å². The number of nitrogen functional groups attached to an aromatic ring is 1. The van der Waals surface area contributed by atoms with Gasteiger partial charge in [0.2, 0.25) is 5.95 Å². The van der Waals surface area contributed by atoms with Gasteiger partial charge in [-0.05, 0) is 24.1 Å². The number of nitrogens with two attached hydrogens (primary N) is 1. The maximum Gasteiger partial charge on any atom is 0.223 e. The molecule has 7 heteroatoms. The van der Waals surface area contributed by atoms with E-state index < -0.39 is 11.6 Å². The number of rotatable bonds is 6. The molecule has 0 aliphatic rings. The first-order chi connectivity index (χ1) is 10.1. The largest absolute Gasteiger partial charge is 0.370 e. The third kappa shape index (κ3) is 4.27. The highest BCUT2D eigenvalue weighted by molar-refractivity contribution is 5.51. The van der Waals surface area contributed by atoms with Crippen molar-refractivity contribution >= 4 is 17.6 Å². The van der Waals surface area contributed by atoms with Crippen LogP contribution >= 0.6 is 0 Å². The summed E-state index contributed by atoms with van der Waals surface area (Å²) in [4.78, 5) is 8.10. The summed E-state index contributed by atoms with van der Waals surface area (Å²) in [6.07, 6.45) is 0.960. The van der Waals surface area contributed by atoms with Crippen LogP contribution < -0.4 is 16.4 Å². The molecular weight excluding hydrogens is 276 g/mol. The van der Waals surface area contributed by atoms with Gasteiger partial charge >= 0.3 is 0 Å². The summed E-state index contributed by atoms with van der Waals surface area (Å²) in [6, 6.07) is 5.45. The third-order valence-electron chi connectivity index (χ3n) is 2.76. The lowest BCUT2D eigenvalue weighted by molar-refractivity contribution is 0.507. The minimum atomic E-state index is -0.873. The highest BCUT2D eigenvalue weighted by Crippen LogP contribution is 2.15. The van der Waals surface area contributed by atoms with Crippen LogP contribution in [-0.4, -0.2) is 16.5 Å². The molecule has 0 aliphatic carbocycles. The molecule has 1 aromatic carbocycles. The average molecular weight is 293 g/mol. The van der Waals surface area contributed by atoms with Crippen LogP contribution in [0.3, 0.4) is 0 Å². The van der Waals surface area contributed by atoms with Crippen molar-refractivity contribution in [2.24, 2.45) is 0 Å². The number of halogens is 2. The zero-order chi connectivity index (χ0) is 15.2. The normalized spacial score (nSPS) is 10.4. The fourth-order valence-corrected chi connectivity index (χ4v) is 1.74. The Morgan fingerprint density at radius 3 is 2.43 bits per heavy atom. The van der Waals surface area contributed by atoms with Crippen molar-refractivity contribution in [1.29, 1.82) is 0 Å². The van der Waals surface area contributed by atoms with Gasteiger partial charge in [0, 0.05) is 19.2 Å². The monoisotopic (exact) mass is 293 g/mol. The maximum atomic E-state index is 13.1. The van der Waals surface area contributed by atoms with Crippen LogP contribution in [0.2, 0.25) is 0 Å². The van der Waals surface area contributed by atoms with E-state index in [2.05, 4.69) is 20.6 Å². The molecule has 2 aromatic rings. The first-order valence-electron chi connectivity index (χ1n) is 6.64. The van der Waals surface area contributed by atoms with Gasteiger partial charge in [-0.3, -0.25) is 0 Å². The van der Waals surface area contributed by atoms with Gasteiger partial charge in [-0.2, -0.15) is 9.97 Å². The van der Waals surface area contributed by atoms with Crippen molar-refractivity contribution in [1.82, 2.24) is 9.97 Å². The molecule has 2 rings (SSSR count). The average Bonchev–Trinajstić information content (AvgIpc) is 2.46. The first kappa shape index (κ1) is 15.0. The summed E-state index contributed by atoms with van der Waals surface area (Å²) >= 11 is 0. The molecule has 0 saturated carbocycles. The molecule has 21 heavy (non-hydrogen) atoms. The lowest BCUT2D eigenvalue weighted by Gasteiger charge is -2.09. The smallest absolute Gasteiger partial charge is 0.223 e. The summed E-state index contributed by atoms with van der Waals surface area (Å²) in [7, 11) is 0. The van der Waals surface area contributed by atoms with E-state index in [1.165, 1.54) is 6.07 Å². The Bertz CT molecular complexity index is 618. The van der Waals surface area contributed by atoms with Gasteiger partial charge in [0.1, 0.15) is 11.6 Å². The van der Waals surface area contributed by atoms with Crippen LogP contribution in [0.15, 0.2) is 24.3 Å². The summed E-state index contributed by atoms with van der Waals surface area (Å²) in [6.45, 7) is 3.12. The number of hydrogen-bond donors (Lipinski definition) is 3. The van der Waals surface area contributed by atoms with Crippen molar-refractivity contribution in [3.63, 3.8) is 0 Å². The number of benzene rings is 1. The number of nitrogens with zero attached hydrogens (tertiary/aromatic N) is 2. The predicted octanol–water partition coefficient (Wildman–Crippen LogP) is 2.77. The van der Waals surface area contributed by atoms with Crippen LogP contribution in [0.25, 0.3) is 0 Å². The maximum absolute atomic E-state index is 13.1. The molecule has 0 unspecified atom stereocenters. The Morgan fingerprint density at radius 1 is 1.05 bits per heavy atom. The number of anilines is 3. The highest BCUT2D eigenvalue weighted by atomic mass is 19.2. The Hall–Kier alpha value is -2.44. The molecule has 0 bridgehead atoms. The van der Waals surface area contributed by atoms with Crippen molar-refractivity contribution in [2.45, 2.75) is 19.9 Å². The van der Waals surface area contributed by atoms with E-state index in [9.17, 15) is 8.78 Å². The molecule has 5 nitrogen and oxygen atoms in total. The van der Waals surface area contributed by atoms with Gasteiger partial charge in [-0.15, -0.1) is 0 Å². The molecule has 0 radical (unpaired) electrons.